The molecule has 1 aliphatic carbocycles. The van der Waals surface area contributed by atoms with E-state index in [0.717, 1.165) is 18.4 Å². The van der Waals surface area contributed by atoms with Crippen LogP contribution in [0.5, 0.6) is 0 Å². The van der Waals surface area contributed by atoms with Crippen LogP contribution in [0.15, 0.2) is 34.3 Å². The zero-order chi connectivity index (χ0) is 22.5. The van der Waals surface area contributed by atoms with Crippen molar-refractivity contribution in [2.45, 2.75) is 63.2 Å². The fourth-order valence-electron chi connectivity index (χ4n) is 3.08. The Hall–Kier alpha value is -2.04. The van der Waals surface area contributed by atoms with E-state index in [1.807, 2.05) is 6.92 Å². The Morgan fingerprint density at radius 3 is 2.40 bits per heavy atom. The SMILES string of the molecule is Cc1ccc(S(=O)(=O)OC[C@@H](NC(=O)OC(C)(C)C)[C@H](O)C(CN=N)C2CC2)cc1. The second kappa shape index (κ2) is 9.84. The van der Waals surface area contributed by atoms with Crippen LogP contribution in [0.25, 0.3) is 0 Å². The average Bonchev–Trinajstić information content (AvgIpc) is 3.46. The normalized spacial score (nSPS) is 17.6. The van der Waals surface area contributed by atoms with Crippen molar-refractivity contribution < 1.29 is 27.2 Å². The number of rotatable bonds is 10. The third kappa shape index (κ3) is 7.33. The quantitative estimate of drug-likeness (QED) is 0.377. The molecular formula is C20H31N3O6S. The molecule has 1 aromatic rings. The minimum atomic E-state index is -4.08. The molecule has 0 bridgehead atoms. The summed E-state index contributed by atoms with van der Waals surface area (Å²) in [5.74, 6) is -0.209. The van der Waals surface area contributed by atoms with E-state index < -0.39 is 40.6 Å². The highest BCUT2D eigenvalue weighted by Crippen LogP contribution is 2.39. The Kier molecular flexibility index (Phi) is 7.95. The van der Waals surface area contributed by atoms with Gasteiger partial charge in [0.2, 0.25) is 0 Å². The van der Waals surface area contributed by atoms with Crippen LogP contribution in [0, 0.1) is 24.3 Å². The third-order valence-electron chi connectivity index (χ3n) is 4.80. The molecule has 0 saturated heterocycles. The number of alkyl carbamates (subject to hydrolysis) is 1. The Balaban J connectivity index is 2.16. The summed E-state index contributed by atoms with van der Waals surface area (Å²) < 4.78 is 35.5. The van der Waals surface area contributed by atoms with E-state index in [-0.39, 0.29) is 23.3 Å². The van der Waals surface area contributed by atoms with Gasteiger partial charge in [0.15, 0.2) is 0 Å². The van der Waals surface area contributed by atoms with Crippen molar-refractivity contribution in [3.8, 4) is 0 Å². The number of carbonyl (C=O) groups is 1. The first-order chi connectivity index (χ1) is 13.9. The fraction of sp³-hybridized carbons (Fsp3) is 0.650. The van der Waals surface area contributed by atoms with E-state index in [2.05, 4.69) is 10.4 Å². The number of nitrogens with zero attached hydrogens (tertiary/aromatic N) is 1. The van der Waals surface area contributed by atoms with Crippen molar-refractivity contribution in [3.63, 3.8) is 0 Å². The van der Waals surface area contributed by atoms with Gasteiger partial charge in [-0.05, 0) is 58.6 Å². The molecule has 0 radical (unpaired) electrons. The zero-order valence-corrected chi connectivity index (χ0v) is 18.6. The smallest absolute Gasteiger partial charge is 0.408 e. The molecule has 0 heterocycles. The molecule has 9 nitrogen and oxygen atoms in total. The van der Waals surface area contributed by atoms with Gasteiger partial charge in [-0.25, -0.2) is 10.3 Å². The Labute approximate surface area is 177 Å². The van der Waals surface area contributed by atoms with Crippen LogP contribution in [0.1, 0.15) is 39.2 Å². The van der Waals surface area contributed by atoms with Crippen LogP contribution in [0.2, 0.25) is 0 Å². The molecule has 168 valence electrons. The first-order valence-electron chi connectivity index (χ1n) is 9.90. The van der Waals surface area contributed by atoms with Crippen LogP contribution in [-0.4, -0.2) is 50.5 Å². The molecule has 1 unspecified atom stereocenters. The van der Waals surface area contributed by atoms with Gasteiger partial charge < -0.3 is 15.2 Å². The van der Waals surface area contributed by atoms with Crippen molar-refractivity contribution >= 4 is 16.2 Å². The summed E-state index contributed by atoms with van der Waals surface area (Å²) in [6.45, 7) is 6.54. The van der Waals surface area contributed by atoms with E-state index >= 15 is 0 Å². The lowest BCUT2D eigenvalue weighted by atomic mass is 9.92. The van der Waals surface area contributed by atoms with Gasteiger partial charge >= 0.3 is 6.09 Å². The summed E-state index contributed by atoms with van der Waals surface area (Å²) in [4.78, 5) is 12.2. The Bertz CT molecular complexity index is 831. The maximum Gasteiger partial charge on any atom is 0.408 e. The maximum absolute atomic E-state index is 12.5. The van der Waals surface area contributed by atoms with E-state index in [9.17, 15) is 18.3 Å². The fourth-order valence-corrected chi connectivity index (χ4v) is 4.02. The summed E-state index contributed by atoms with van der Waals surface area (Å²) in [7, 11) is -4.08. The van der Waals surface area contributed by atoms with Crippen LogP contribution in [0.4, 0.5) is 4.79 Å². The van der Waals surface area contributed by atoms with E-state index in [4.69, 9.17) is 14.5 Å². The third-order valence-corrected chi connectivity index (χ3v) is 6.09. The highest BCUT2D eigenvalue weighted by atomic mass is 32.2. The number of aryl methyl sites for hydroxylation is 1. The van der Waals surface area contributed by atoms with E-state index in [1.165, 1.54) is 12.1 Å². The lowest BCUT2D eigenvalue weighted by molar-refractivity contribution is 0.0205. The predicted octanol–water partition coefficient (Wildman–Crippen LogP) is 3.01. The molecule has 3 N–H and O–H groups in total. The number of amides is 1. The molecule has 0 aromatic heterocycles. The van der Waals surface area contributed by atoms with Gasteiger partial charge in [-0.15, -0.1) is 0 Å². The van der Waals surface area contributed by atoms with Gasteiger partial charge in [-0.1, -0.05) is 17.7 Å². The van der Waals surface area contributed by atoms with Crippen molar-refractivity contribution in [3.05, 3.63) is 29.8 Å². The second-order valence-corrected chi connectivity index (χ2v) is 10.3. The van der Waals surface area contributed by atoms with Gasteiger partial charge in [-0.3, -0.25) is 4.18 Å². The number of hydrogen-bond acceptors (Lipinski definition) is 8. The molecule has 10 heteroatoms. The number of benzene rings is 1. The molecule has 1 aliphatic rings. The van der Waals surface area contributed by atoms with Crippen molar-refractivity contribution in [1.82, 2.24) is 5.32 Å². The highest BCUT2D eigenvalue weighted by Gasteiger charge is 2.40. The number of hydrogen-bond donors (Lipinski definition) is 3. The molecule has 0 spiro atoms. The number of carbonyl (C=O) groups excluding carboxylic acids is 1. The Morgan fingerprint density at radius 1 is 1.30 bits per heavy atom. The maximum atomic E-state index is 12.5. The lowest BCUT2D eigenvalue weighted by Crippen LogP contribution is -2.51. The largest absolute Gasteiger partial charge is 0.444 e. The number of nitrogens with one attached hydrogen (secondary N) is 2. The second-order valence-electron chi connectivity index (χ2n) is 8.64. The highest BCUT2D eigenvalue weighted by molar-refractivity contribution is 7.86. The lowest BCUT2D eigenvalue weighted by Gasteiger charge is -2.30. The number of aliphatic hydroxyl groups is 1. The molecular weight excluding hydrogens is 410 g/mol. The molecule has 0 aliphatic heterocycles. The molecule has 1 saturated carbocycles. The standard InChI is InChI=1S/C20H31N3O6S/c1-13-5-9-15(10-6-13)30(26,27)28-12-17(23-19(25)29-20(2,3)4)18(24)16(11-22-21)14-7-8-14/h5-6,9-10,14,16-18,21,24H,7-8,11-12H2,1-4H3,(H,23,25)/t16?,17-,18-/m1/s1. The van der Waals surface area contributed by atoms with Crippen molar-refractivity contribution in [2.75, 3.05) is 13.2 Å². The van der Waals surface area contributed by atoms with Crippen LogP contribution < -0.4 is 5.32 Å². The average molecular weight is 442 g/mol. The van der Waals surface area contributed by atoms with Gasteiger partial charge in [-0.2, -0.15) is 13.5 Å². The first-order valence-corrected chi connectivity index (χ1v) is 11.3. The van der Waals surface area contributed by atoms with Crippen LogP contribution >= 0.6 is 0 Å². The van der Waals surface area contributed by atoms with Gasteiger partial charge in [0.1, 0.15) is 5.60 Å². The molecule has 2 rings (SSSR count). The molecule has 1 aromatic carbocycles. The predicted molar refractivity (Wildman–Crippen MR) is 110 cm³/mol. The number of aliphatic hydroxyl groups excluding tert-OH is 1. The molecule has 1 fully saturated rings. The zero-order valence-electron chi connectivity index (χ0n) is 17.8. The number of ether oxygens (including phenoxy) is 1. The Morgan fingerprint density at radius 2 is 1.90 bits per heavy atom. The van der Waals surface area contributed by atoms with Gasteiger partial charge in [0.25, 0.3) is 10.1 Å². The minimum Gasteiger partial charge on any atom is -0.444 e. The summed E-state index contributed by atoms with van der Waals surface area (Å²) in [5.41, 5.74) is 7.29. The molecule has 30 heavy (non-hydrogen) atoms. The summed E-state index contributed by atoms with van der Waals surface area (Å²) in [6, 6.07) is 5.13. The van der Waals surface area contributed by atoms with Crippen molar-refractivity contribution in [2.24, 2.45) is 17.0 Å². The minimum absolute atomic E-state index is 0.0153. The topological polar surface area (TPSA) is 138 Å². The first kappa shape index (κ1) is 24.2. The summed E-state index contributed by atoms with van der Waals surface area (Å²) >= 11 is 0. The molecule has 3 atom stereocenters. The van der Waals surface area contributed by atoms with E-state index in [1.54, 1.807) is 32.9 Å². The van der Waals surface area contributed by atoms with Gasteiger partial charge in [0, 0.05) is 5.92 Å². The monoisotopic (exact) mass is 441 g/mol. The molecule has 1 amide bonds. The van der Waals surface area contributed by atoms with Crippen LogP contribution in [-0.2, 0) is 19.0 Å². The van der Waals surface area contributed by atoms with Crippen molar-refractivity contribution in [1.29, 1.82) is 5.53 Å². The summed E-state index contributed by atoms with van der Waals surface area (Å²) in [6.07, 6.45) is -0.162. The van der Waals surface area contributed by atoms with E-state index in [0.29, 0.717) is 0 Å². The van der Waals surface area contributed by atoms with Crippen LogP contribution in [0.3, 0.4) is 0 Å². The summed E-state index contributed by atoms with van der Waals surface area (Å²) in [5, 5.41) is 16.8. The van der Waals surface area contributed by atoms with Gasteiger partial charge in [0.05, 0.1) is 30.2 Å².